The molecule has 4 heteroatoms. The minimum atomic E-state index is -0.204. The van der Waals surface area contributed by atoms with Gasteiger partial charge in [0, 0.05) is 31.5 Å². The quantitative estimate of drug-likeness (QED) is 0.782. The molecule has 0 aromatic carbocycles. The summed E-state index contributed by atoms with van der Waals surface area (Å²) in [5, 5.41) is 9.68. The van der Waals surface area contributed by atoms with E-state index in [4.69, 9.17) is 5.73 Å². The molecule has 16 heavy (non-hydrogen) atoms. The smallest absolute Gasteiger partial charge is 0.0667 e. The van der Waals surface area contributed by atoms with Gasteiger partial charge in [0.2, 0.25) is 0 Å². The first-order valence-electron chi connectivity index (χ1n) is 5.83. The molecule has 2 unspecified atom stereocenters. The molecule has 88 valence electrons. The van der Waals surface area contributed by atoms with E-state index >= 15 is 0 Å². The van der Waals surface area contributed by atoms with Crippen molar-refractivity contribution >= 4 is 0 Å². The molecule has 1 saturated heterocycles. The maximum absolute atomic E-state index is 9.68. The number of piperidine rings is 1. The molecule has 2 rings (SSSR count). The van der Waals surface area contributed by atoms with Gasteiger partial charge < -0.3 is 10.8 Å². The van der Waals surface area contributed by atoms with E-state index in [1.807, 2.05) is 12.1 Å². The summed E-state index contributed by atoms with van der Waals surface area (Å²) in [6.45, 7) is 2.32. The summed E-state index contributed by atoms with van der Waals surface area (Å²) in [7, 11) is 0. The number of nitrogens with zero attached hydrogens (tertiary/aromatic N) is 2. The number of likely N-dealkylation sites (tertiary alicyclic amines) is 1. The Morgan fingerprint density at radius 3 is 2.88 bits per heavy atom. The Kier molecular flexibility index (Phi) is 3.88. The molecule has 0 saturated carbocycles. The van der Waals surface area contributed by atoms with E-state index in [1.54, 1.807) is 12.4 Å². The fraction of sp³-hybridized carbons (Fsp3) is 0.583. The van der Waals surface area contributed by atoms with Crippen molar-refractivity contribution < 1.29 is 5.11 Å². The van der Waals surface area contributed by atoms with Crippen molar-refractivity contribution in [2.24, 2.45) is 5.73 Å². The highest BCUT2D eigenvalue weighted by Gasteiger charge is 2.24. The summed E-state index contributed by atoms with van der Waals surface area (Å²) in [4.78, 5) is 6.28. The van der Waals surface area contributed by atoms with Crippen LogP contribution in [-0.4, -0.2) is 40.7 Å². The number of aromatic nitrogens is 1. The van der Waals surface area contributed by atoms with Gasteiger partial charge in [0.15, 0.2) is 0 Å². The van der Waals surface area contributed by atoms with Gasteiger partial charge in [-0.1, -0.05) is 0 Å². The molecule has 1 aliphatic rings. The molecule has 1 fully saturated rings. The van der Waals surface area contributed by atoms with Crippen LogP contribution in [0.2, 0.25) is 0 Å². The van der Waals surface area contributed by atoms with E-state index in [0.29, 0.717) is 6.54 Å². The van der Waals surface area contributed by atoms with Crippen molar-refractivity contribution in [3.05, 3.63) is 30.1 Å². The Balaban J connectivity index is 2.10. The molecule has 2 heterocycles. The average molecular weight is 221 g/mol. The van der Waals surface area contributed by atoms with Crippen LogP contribution >= 0.6 is 0 Å². The molecule has 0 bridgehead atoms. The number of pyridine rings is 1. The second-order valence-electron chi connectivity index (χ2n) is 4.32. The SMILES string of the molecule is NCC(c1ccncc1)N1CCCC(O)C1. The molecule has 1 aliphatic heterocycles. The zero-order valence-electron chi connectivity index (χ0n) is 9.42. The van der Waals surface area contributed by atoms with Crippen molar-refractivity contribution in [1.82, 2.24) is 9.88 Å². The summed E-state index contributed by atoms with van der Waals surface area (Å²) >= 11 is 0. The van der Waals surface area contributed by atoms with Crippen LogP contribution in [0.1, 0.15) is 24.4 Å². The van der Waals surface area contributed by atoms with Crippen LogP contribution in [0.3, 0.4) is 0 Å². The molecular formula is C12H19N3O. The zero-order valence-corrected chi connectivity index (χ0v) is 9.42. The summed E-state index contributed by atoms with van der Waals surface area (Å²) < 4.78 is 0. The number of hydrogen-bond donors (Lipinski definition) is 2. The molecule has 0 amide bonds. The molecule has 2 atom stereocenters. The van der Waals surface area contributed by atoms with E-state index in [1.165, 1.54) is 5.56 Å². The summed E-state index contributed by atoms with van der Waals surface area (Å²) in [5.41, 5.74) is 7.02. The predicted octanol–water partition coefficient (Wildman–Crippen LogP) is 0.538. The Labute approximate surface area is 96.1 Å². The van der Waals surface area contributed by atoms with Gasteiger partial charge >= 0.3 is 0 Å². The average Bonchev–Trinajstić information content (AvgIpc) is 2.31. The number of hydrogen-bond acceptors (Lipinski definition) is 4. The Morgan fingerprint density at radius 1 is 1.50 bits per heavy atom. The highest BCUT2D eigenvalue weighted by Crippen LogP contribution is 2.23. The van der Waals surface area contributed by atoms with Gasteiger partial charge in [-0.2, -0.15) is 0 Å². The topological polar surface area (TPSA) is 62.4 Å². The van der Waals surface area contributed by atoms with Gasteiger partial charge in [0.1, 0.15) is 0 Å². The molecule has 0 radical (unpaired) electrons. The van der Waals surface area contributed by atoms with Gasteiger partial charge in [-0.05, 0) is 37.1 Å². The first-order valence-corrected chi connectivity index (χ1v) is 5.83. The number of rotatable bonds is 3. The number of β-amino-alcohol motifs (C(OH)–C–C–N with tert-alkyl or cyclic N) is 1. The standard InChI is InChI=1S/C12H19N3O/c13-8-12(10-3-5-14-6-4-10)15-7-1-2-11(16)9-15/h3-6,11-12,16H,1-2,7-9,13H2. The van der Waals surface area contributed by atoms with Crippen molar-refractivity contribution in [1.29, 1.82) is 0 Å². The van der Waals surface area contributed by atoms with Crippen molar-refractivity contribution in [3.63, 3.8) is 0 Å². The lowest BCUT2D eigenvalue weighted by molar-refractivity contribution is 0.0480. The van der Waals surface area contributed by atoms with E-state index in [-0.39, 0.29) is 12.1 Å². The van der Waals surface area contributed by atoms with E-state index in [0.717, 1.165) is 25.9 Å². The van der Waals surface area contributed by atoms with Crippen LogP contribution in [0, 0.1) is 0 Å². The minimum absolute atomic E-state index is 0.204. The summed E-state index contributed by atoms with van der Waals surface area (Å²) in [5.74, 6) is 0. The van der Waals surface area contributed by atoms with Crippen molar-refractivity contribution in [3.8, 4) is 0 Å². The minimum Gasteiger partial charge on any atom is -0.392 e. The van der Waals surface area contributed by atoms with Gasteiger partial charge in [-0.3, -0.25) is 9.88 Å². The van der Waals surface area contributed by atoms with Gasteiger partial charge in [0.25, 0.3) is 0 Å². The Hall–Kier alpha value is -0.970. The van der Waals surface area contributed by atoms with Crippen LogP contribution in [0.5, 0.6) is 0 Å². The maximum atomic E-state index is 9.68. The van der Waals surface area contributed by atoms with E-state index < -0.39 is 0 Å². The molecule has 0 spiro atoms. The predicted molar refractivity (Wildman–Crippen MR) is 62.8 cm³/mol. The lowest BCUT2D eigenvalue weighted by Gasteiger charge is -2.36. The van der Waals surface area contributed by atoms with Crippen molar-refractivity contribution in [2.75, 3.05) is 19.6 Å². The van der Waals surface area contributed by atoms with Gasteiger partial charge in [-0.25, -0.2) is 0 Å². The van der Waals surface area contributed by atoms with Crippen LogP contribution in [0.4, 0.5) is 0 Å². The normalized spacial score (nSPS) is 24.2. The zero-order chi connectivity index (χ0) is 11.4. The lowest BCUT2D eigenvalue weighted by Crippen LogP contribution is -2.43. The molecule has 4 nitrogen and oxygen atoms in total. The number of aliphatic hydroxyl groups excluding tert-OH is 1. The van der Waals surface area contributed by atoms with Crippen LogP contribution < -0.4 is 5.73 Å². The fourth-order valence-electron chi connectivity index (χ4n) is 2.35. The maximum Gasteiger partial charge on any atom is 0.0667 e. The second kappa shape index (κ2) is 5.39. The van der Waals surface area contributed by atoms with Crippen LogP contribution in [0.15, 0.2) is 24.5 Å². The summed E-state index contributed by atoms with van der Waals surface area (Å²) in [6, 6.07) is 4.20. The van der Waals surface area contributed by atoms with Gasteiger partial charge in [0.05, 0.1) is 6.10 Å². The number of aliphatic hydroxyl groups is 1. The summed E-state index contributed by atoms with van der Waals surface area (Å²) in [6.07, 6.45) is 5.33. The number of nitrogens with two attached hydrogens (primary N) is 1. The highest BCUT2D eigenvalue weighted by molar-refractivity contribution is 5.16. The lowest BCUT2D eigenvalue weighted by atomic mass is 10.0. The second-order valence-corrected chi connectivity index (χ2v) is 4.32. The first kappa shape index (κ1) is 11.5. The first-order chi connectivity index (χ1) is 7.81. The van der Waals surface area contributed by atoms with Crippen molar-refractivity contribution in [2.45, 2.75) is 25.0 Å². The molecule has 1 aromatic rings. The van der Waals surface area contributed by atoms with E-state index in [2.05, 4.69) is 9.88 Å². The van der Waals surface area contributed by atoms with E-state index in [9.17, 15) is 5.11 Å². The van der Waals surface area contributed by atoms with Gasteiger partial charge in [-0.15, -0.1) is 0 Å². The largest absolute Gasteiger partial charge is 0.392 e. The monoisotopic (exact) mass is 221 g/mol. The molecule has 3 N–H and O–H groups in total. The fourth-order valence-corrected chi connectivity index (χ4v) is 2.35. The highest BCUT2D eigenvalue weighted by atomic mass is 16.3. The third kappa shape index (κ3) is 2.58. The molecular weight excluding hydrogens is 202 g/mol. The Bertz CT molecular complexity index is 317. The van der Waals surface area contributed by atoms with Crippen LogP contribution in [0.25, 0.3) is 0 Å². The third-order valence-corrected chi connectivity index (χ3v) is 3.18. The third-order valence-electron chi connectivity index (χ3n) is 3.18. The van der Waals surface area contributed by atoms with Crippen LogP contribution in [-0.2, 0) is 0 Å². The molecule has 0 aliphatic carbocycles. The molecule has 1 aromatic heterocycles. The Morgan fingerprint density at radius 2 is 2.25 bits per heavy atom.